The SMILES string of the molecule is CCCO[C@@H](C)[C@H]1O[C@@H]2SC(=NC)N[C@@H]2[C@@H](O)[C@@H]1O. The van der Waals surface area contributed by atoms with Gasteiger partial charge >= 0.3 is 0 Å². The summed E-state index contributed by atoms with van der Waals surface area (Å²) in [4.78, 5) is 4.06. The largest absolute Gasteiger partial charge is 0.388 e. The Bertz CT molecular complexity index is 342. The number of ether oxygens (including phenoxy) is 2. The molecule has 3 N–H and O–H groups in total. The fourth-order valence-corrected chi connectivity index (χ4v) is 3.42. The molecule has 110 valence electrons. The lowest BCUT2D eigenvalue weighted by Gasteiger charge is -2.41. The van der Waals surface area contributed by atoms with E-state index in [1.807, 2.05) is 13.8 Å². The maximum atomic E-state index is 10.2. The van der Waals surface area contributed by atoms with Crippen LogP contribution in [0.2, 0.25) is 0 Å². The van der Waals surface area contributed by atoms with Crippen LogP contribution in [0.3, 0.4) is 0 Å². The topological polar surface area (TPSA) is 83.3 Å². The molecule has 0 unspecified atom stereocenters. The highest BCUT2D eigenvalue weighted by molar-refractivity contribution is 8.14. The molecule has 0 spiro atoms. The summed E-state index contributed by atoms with van der Waals surface area (Å²) >= 11 is 1.44. The third-order valence-electron chi connectivity index (χ3n) is 3.41. The van der Waals surface area contributed by atoms with Gasteiger partial charge in [0.15, 0.2) is 5.17 Å². The van der Waals surface area contributed by atoms with Gasteiger partial charge in [-0.3, -0.25) is 4.99 Å². The first-order chi connectivity index (χ1) is 9.08. The highest BCUT2D eigenvalue weighted by Gasteiger charge is 2.50. The zero-order valence-electron chi connectivity index (χ0n) is 11.4. The smallest absolute Gasteiger partial charge is 0.159 e. The van der Waals surface area contributed by atoms with Gasteiger partial charge in [0.1, 0.15) is 23.7 Å². The van der Waals surface area contributed by atoms with Gasteiger partial charge in [0.25, 0.3) is 0 Å². The molecule has 0 aliphatic carbocycles. The molecule has 0 bridgehead atoms. The lowest BCUT2D eigenvalue weighted by atomic mass is 9.95. The van der Waals surface area contributed by atoms with Crippen LogP contribution in [-0.2, 0) is 9.47 Å². The molecule has 2 saturated heterocycles. The van der Waals surface area contributed by atoms with E-state index < -0.39 is 18.3 Å². The van der Waals surface area contributed by atoms with Crippen LogP contribution >= 0.6 is 11.8 Å². The standard InChI is InChI=1S/C12H22N2O4S/c1-4-5-17-6(2)10-9(16)8(15)7-11(18-10)19-12(13-3)14-7/h6-11,15-16H,4-5H2,1-3H3,(H,13,14)/t6-,7+,8+,9-,10+,11+/m0/s1. The van der Waals surface area contributed by atoms with E-state index >= 15 is 0 Å². The predicted octanol–water partition coefficient (Wildman–Crippen LogP) is -0.0610. The van der Waals surface area contributed by atoms with Crippen LogP contribution in [-0.4, -0.2) is 64.9 Å². The van der Waals surface area contributed by atoms with Gasteiger partial charge in [-0.2, -0.15) is 0 Å². The van der Waals surface area contributed by atoms with E-state index in [1.165, 1.54) is 11.8 Å². The Morgan fingerprint density at radius 3 is 2.84 bits per heavy atom. The molecule has 19 heavy (non-hydrogen) atoms. The highest BCUT2D eigenvalue weighted by Crippen LogP contribution is 2.35. The molecule has 0 amide bonds. The van der Waals surface area contributed by atoms with Crippen molar-refractivity contribution in [3.63, 3.8) is 0 Å². The van der Waals surface area contributed by atoms with E-state index in [9.17, 15) is 10.2 Å². The second-order valence-electron chi connectivity index (χ2n) is 4.84. The van der Waals surface area contributed by atoms with Crippen LogP contribution in [0.4, 0.5) is 0 Å². The minimum atomic E-state index is -0.961. The Balaban J connectivity index is 2.04. The van der Waals surface area contributed by atoms with Crippen LogP contribution in [0.25, 0.3) is 0 Å². The third-order valence-corrected chi connectivity index (χ3v) is 4.57. The minimum Gasteiger partial charge on any atom is -0.388 e. The number of aliphatic hydroxyl groups excluding tert-OH is 2. The molecule has 0 aromatic rings. The summed E-state index contributed by atoms with van der Waals surface area (Å²) in [7, 11) is 1.68. The first kappa shape index (κ1) is 15.1. The second-order valence-corrected chi connectivity index (χ2v) is 5.93. The third kappa shape index (κ3) is 3.05. The van der Waals surface area contributed by atoms with Crippen molar-refractivity contribution in [1.82, 2.24) is 5.32 Å². The van der Waals surface area contributed by atoms with Gasteiger partial charge in [-0.15, -0.1) is 0 Å². The summed E-state index contributed by atoms with van der Waals surface area (Å²) in [6.07, 6.45) is -1.72. The van der Waals surface area contributed by atoms with Crippen molar-refractivity contribution in [1.29, 1.82) is 0 Å². The Morgan fingerprint density at radius 1 is 1.47 bits per heavy atom. The molecule has 6 atom stereocenters. The molecule has 2 fully saturated rings. The first-order valence-corrected chi connectivity index (χ1v) is 7.49. The molecule has 0 aromatic heterocycles. The van der Waals surface area contributed by atoms with Gasteiger partial charge in [0, 0.05) is 13.7 Å². The van der Waals surface area contributed by atoms with E-state index in [2.05, 4.69) is 10.3 Å². The van der Waals surface area contributed by atoms with Crippen LogP contribution in [0.5, 0.6) is 0 Å². The number of nitrogens with one attached hydrogen (secondary N) is 1. The lowest BCUT2D eigenvalue weighted by molar-refractivity contribution is -0.193. The first-order valence-electron chi connectivity index (χ1n) is 6.61. The second kappa shape index (κ2) is 6.41. The minimum absolute atomic E-state index is 0.241. The molecule has 2 heterocycles. The molecular weight excluding hydrogens is 268 g/mol. The number of thioether (sulfide) groups is 1. The van der Waals surface area contributed by atoms with Gasteiger partial charge in [0.05, 0.1) is 12.1 Å². The van der Waals surface area contributed by atoms with E-state index in [0.29, 0.717) is 6.61 Å². The molecule has 2 aliphatic heterocycles. The van der Waals surface area contributed by atoms with Crippen LogP contribution in [0, 0.1) is 0 Å². The summed E-state index contributed by atoms with van der Waals surface area (Å²) in [5.74, 6) is 0. The average Bonchev–Trinajstić information content (AvgIpc) is 2.83. The molecule has 2 aliphatic rings. The zero-order valence-corrected chi connectivity index (χ0v) is 12.3. The summed E-state index contributed by atoms with van der Waals surface area (Å²) in [5.41, 5.74) is -0.241. The van der Waals surface area contributed by atoms with Crippen molar-refractivity contribution in [3.05, 3.63) is 0 Å². The van der Waals surface area contributed by atoms with Crippen molar-refractivity contribution >= 4 is 16.9 Å². The summed E-state index contributed by atoms with van der Waals surface area (Å²) in [5, 5.41) is 24.1. The van der Waals surface area contributed by atoms with Crippen molar-refractivity contribution in [2.24, 2.45) is 4.99 Å². The monoisotopic (exact) mass is 290 g/mol. The van der Waals surface area contributed by atoms with Crippen LogP contribution in [0.15, 0.2) is 4.99 Å². The summed E-state index contributed by atoms with van der Waals surface area (Å²) < 4.78 is 11.5. The molecule has 7 heteroatoms. The number of hydrogen-bond acceptors (Lipinski definition) is 6. The van der Waals surface area contributed by atoms with Gasteiger partial charge in [0.2, 0.25) is 0 Å². The Labute approximate surface area is 117 Å². The normalized spacial score (nSPS) is 41.9. The number of rotatable bonds is 4. The highest BCUT2D eigenvalue weighted by atomic mass is 32.2. The Kier molecular flexibility index (Phi) is 5.08. The molecule has 0 aromatic carbocycles. The van der Waals surface area contributed by atoms with E-state index in [0.717, 1.165) is 11.6 Å². The molecule has 0 radical (unpaired) electrons. The zero-order chi connectivity index (χ0) is 14.0. The fraction of sp³-hybridized carbons (Fsp3) is 0.917. The number of amidine groups is 1. The summed E-state index contributed by atoms with van der Waals surface area (Å²) in [6.45, 7) is 4.50. The lowest BCUT2D eigenvalue weighted by Crippen LogP contribution is -2.61. The predicted molar refractivity (Wildman–Crippen MR) is 74.3 cm³/mol. The van der Waals surface area contributed by atoms with E-state index in [4.69, 9.17) is 9.47 Å². The van der Waals surface area contributed by atoms with Crippen LogP contribution < -0.4 is 5.32 Å². The fourth-order valence-electron chi connectivity index (χ4n) is 2.33. The van der Waals surface area contributed by atoms with Crippen molar-refractivity contribution in [2.45, 2.75) is 56.2 Å². The van der Waals surface area contributed by atoms with Crippen molar-refractivity contribution < 1.29 is 19.7 Å². The maximum Gasteiger partial charge on any atom is 0.159 e. The van der Waals surface area contributed by atoms with Gasteiger partial charge in [-0.1, -0.05) is 18.7 Å². The van der Waals surface area contributed by atoms with E-state index in [-0.39, 0.29) is 17.6 Å². The number of aliphatic imine (C=N–C) groups is 1. The van der Waals surface area contributed by atoms with Gasteiger partial charge in [-0.05, 0) is 13.3 Å². The van der Waals surface area contributed by atoms with Crippen LogP contribution in [0.1, 0.15) is 20.3 Å². The molecule has 6 nitrogen and oxygen atoms in total. The van der Waals surface area contributed by atoms with Crippen molar-refractivity contribution in [3.8, 4) is 0 Å². The molecular formula is C12H22N2O4S. The Morgan fingerprint density at radius 2 is 2.21 bits per heavy atom. The van der Waals surface area contributed by atoms with E-state index in [1.54, 1.807) is 7.05 Å². The summed E-state index contributed by atoms with van der Waals surface area (Å²) in [6, 6.07) is -0.326. The van der Waals surface area contributed by atoms with Gasteiger partial charge in [-0.25, -0.2) is 0 Å². The number of aliphatic hydroxyl groups is 2. The number of hydrogen-bond donors (Lipinski definition) is 3. The van der Waals surface area contributed by atoms with Crippen molar-refractivity contribution in [2.75, 3.05) is 13.7 Å². The quantitative estimate of drug-likeness (QED) is 0.673. The number of nitrogens with zero attached hydrogens (tertiary/aromatic N) is 1. The average molecular weight is 290 g/mol. The number of fused-ring (bicyclic) bond motifs is 1. The molecule has 2 rings (SSSR count). The maximum absolute atomic E-state index is 10.2. The molecule has 0 saturated carbocycles. The van der Waals surface area contributed by atoms with Gasteiger partial charge < -0.3 is 25.0 Å². The Hall–Kier alpha value is -0.340.